The number of rotatable bonds is 0. The molecule has 0 aliphatic heterocycles. The quantitative estimate of drug-likeness (QED) is 0.519. The molecule has 0 aromatic heterocycles. The molecule has 0 radical (unpaired) electrons. The van der Waals surface area contributed by atoms with Crippen molar-refractivity contribution in [3.8, 4) is 0 Å². The zero-order valence-electron chi connectivity index (χ0n) is 2.13. The Balaban J connectivity index is 0. The maximum atomic E-state index is 3.32. The summed E-state index contributed by atoms with van der Waals surface area (Å²) in [6, 6.07) is 0. The van der Waals surface area contributed by atoms with E-state index in [4.69, 9.17) is 0 Å². The molecule has 1 nitrogen and oxygen atoms in total. The summed E-state index contributed by atoms with van der Waals surface area (Å²) in [5, 5.41) is 0. The number of hydrogen-bond donors (Lipinski definition) is 0. The molecule has 0 fully saturated rings. The van der Waals surface area contributed by atoms with Gasteiger partial charge in [0, 0.05) is 0 Å². The Morgan fingerprint density at radius 3 is 1.00 bits per heavy atom. The van der Waals surface area contributed by atoms with E-state index in [1.165, 1.54) is 0 Å². The molecule has 0 saturated carbocycles. The summed E-state index contributed by atoms with van der Waals surface area (Å²) in [6.07, 6.45) is 0. The molecule has 0 heterocycles. The molecule has 5 heteroatoms. The molecule has 33 valence electrons. The zero-order chi connectivity index (χ0) is 3.58. The number of halogens is 3. The molecular formula is H2Br3HfO. The van der Waals surface area contributed by atoms with Gasteiger partial charge in [0.2, 0.25) is 0 Å². The second-order valence-electron chi connectivity index (χ2n) is 0.214. The zero-order valence-corrected chi connectivity index (χ0v) is 10.5. The molecule has 0 spiro atoms. The van der Waals surface area contributed by atoms with Gasteiger partial charge in [-0.1, -0.05) is 0 Å². The average molecular weight is 436 g/mol. The van der Waals surface area contributed by atoms with Crippen LogP contribution in [-0.4, -0.2) is 5.48 Å². The van der Waals surface area contributed by atoms with E-state index in [1.807, 2.05) is 0 Å². The first-order valence-electron chi connectivity index (χ1n) is 0.567. The normalized spacial score (nSPS) is 5.40. The van der Waals surface area contributed by atoms with Gasteiger partial charge in [0.05, 0.1) is 0 Å². The Bertz CT molecular complexity index is 11.6. The third-order valence-electron chi connectivity index (χ3n) is 0. The van der Waals surface area contributed by atoms with E-state index in [-0.39, 0.29) is 5.48 Å². The van der Waals surface area contributed by atoms with Crippen molar-refractivity contribution in [2.45, 2.75) is 0 Å². The number of hydrogen-bond acceptors (Lipinski definition) is 0. The Morgan fingerprint density at radius 2 is 1.00 bits per heavy atom. The van der Waals surface area contributed by atoms with Crippen molar-refractivity contribution in [3.63, 3.8) is 0 Å². The SMILES string of the molecule is O.[Br][Hf]([Br])[Br]. The first-order valence-corrected chi connectivity index (χ1v) is 24.1. The van der Waals surface area contributed by atoms with Crippen LogP contribution in [0.2, 0.25) is 0 Å². The Kier molecular flexibility index (Phi) is 12.9. The van der Waals surface area contributed by atoms with Crippen LogP contribution in [0.25, 0.3) is 0 Å². The van der Waals surface area contributed by atoms with Crippen LogP contribution in [0.5, 0.6) is 0 Å². The molecule has 2 N–H and O–H groups in total. The second-order valence-corrected chi connectivity index (χ2v) is 47.4. The van der Waals surface area contributed by atoms with Crippen molar-refractivity contribution < 1.29 is 19.9 Å². The molecular weight excluding hydrogens is 434 g/mol. The van der Waals surface area contributed by atoms with Gasteiger partial charge in [-0.2, -0.15) is 0 Å². The monoisotopic (exact) mass is 435 g/mol. The van der Waals surface area contributed by atoms with Crippen molar-refractivity contribution in [2.75, 3.05) is 0 Å². The van der Waals surface area contributed by atoms with Crippen LogP contribution in [0, 0.1) is 0 Å². The van der Waals surface area contributed by atoms with Gasteiger partial charge in [-0.15, -0.1) is 0 Å². The predicted octanol–water partition coefficient (Wildman–Crippen LogP) is 1.71. The summed E-state index contributed by atoms with van der Waals surface area (Å²) < 4.78 is 0. The van der Waals surface area contributed by atoms with Crippen molar-refractivity contribution in [3.05, 3.63) is 0 Å². The van der Waals surface area contributed by atoms with Gasteiger partial charge in [0.1, 0.15) is 0 Å². The van der Waals surface area contributed by atoms with Crippen molar-refractivity contribution in [1.82, 2.24) is 0 Å². The fourth-order valence-corrected chi connectivity index (χ4v) is 0. The first-order chi connectivity index (χ1) is 1.73. The van der Waals surface area contributed by atoms with Crippen LogP contribution < -0.4 is 0 Å². The molecule has 0 bridgehead atoms. The maximum absolute atomic E-state index is 3.32. The van der Waals surface area contributed by atoms with Crippen LogP contribution >= 0.6 is 36.9 Å². The molecule has 0 atom stereocenters. The van der Waals surface area contributed by atoms with E-state index in [0.717, 1.165) is 0 Å². The van der Waals surface area contributed by atoms with Gasteiger partial charge in [0.15, 0.2) is 0 Å². The Hall–Kier alpha value is 2.27. The fourth-order valence-electron chi connectivity index (χ4n) is 0. The standard InChI is InChI=1S/3BrH.Hf.H2O/h3*1H;;1H2/q;;;+3;/p-3. The summed E-state index contributed by atoms with van der Waals surface area (Å²) >= 11 is 8.73. The van der Waals surface area contributed by atoms with E-state index >= 15 is 0 Å². The summed E-state index contributed by atoms with van der Waals surface area (Å²) in [4.78, 5) is 0. The molecule has 0 aliphatic rings. The van der Waals surface area contributed by atoms with E-state index in [2.05, 4.69) is 36.9 Å². The summed E-state index contributed by atoms with van der Waals surface area (Å²) in [5.41, 5.74) is 0. The van der Waals surface area contributed by atoms with Crippen LogP contribution in [0.1, 0.15) is 0 Å². The van der Waals surface area contributed by atoms with Crippen molar-refractivity contribution >= 4 is 36.9 Å². The van der Waals surface area contributed by atoms with Crippen molar-refractivity contribution in [1.29, 1.82) is 0 Å². The predicted molar refractivity (Wildman–Crippen MR) is 30.4 cm³/mol. The van der Waals surface area contributed by atoms with E-state index in [0.29, 0.717) is 0 Å². The van der Waals surface area contributed by atoms with Gasteiger partial charge in [0.25, 0.3) is 0 Å². The van der Waals surface area contributed by atoms with Crippen molar-refractivity contribution in [2.24, 2.45) is 0 Å². The molecule has 0 rings (SSSR count). The molecule has 0 aromatic carbocycles. The van der Waals surface area contributed by atoms with Crippen LogP contribution in [-0.2, 0) is 14.4 Å². The molecule has 5 heavy (non-hydrogen) atoms. The van der Waals surface area contributed by atoms with E-state index in [1.54, 1.807) is 0 Å². The van der Waals surface area contributed by atoms with Gasteiger partial charge in [-0.05, 0) is 0 Å². The summed E-state index contributed by atoms with van der Waals surface area (Å²) in [6.45, 7) is 0. The molecule has 0 saturated heterocycles. The van der Waals surface area contributed by atoms with E-state index in [9.17, 15) is 0 Å². The van der Waals surface area contributed by atoms with Gasteiger partial charge in [-0.25, -0.2) is 0 Å². The average Bonchev–Trinajstić information content (AvgIpc) is 0.811. The second kappa shape index (κ2) is 6.27. The molecule has 0 amide bonds. The third-order valence-corrected chi connectivity index (χ3v) is 0. The van der Waals surface area contributed by atoms with Gasteiger partial charge in [-0.3, -0.25) is 0 Å². The van der Waals surface area contributed by atoms with Crippen LogP contribution in [0.15, 0.2) is 0 Å². The summed E-state index contributed by atoms with van der Waals surface area (Å²) in [7, 11) is 0. The Morgan fingerprint density at radius 1 is 1.00 bits per heavy atom. The topological polar surface area (TPSA) is 31.5 Å². The fraction of sp³-hybridized carbons (Fsp3) is 0. The van der Waals surface area contributed by atoms with Crippen LogP contribution in [0.4, 0.5) is 0 Å². The van der Waals surface area contributed by atoms with Crippen LogP contribution in [0.3, 0.4) is 0 Å². The van der Waals surface area contributed by atoms with Gasteiger partial charge < -0.3 is 5.48 Å². The molecule has 0 unspecified atom stereocenters. The van der Waals surface area contributed by atoms with E-state index < -0.39 is 14.4 Å². The minimum atomic E-state index is -1.22. The Labute approximate surface area is 55.8 Å². The van der Waals surface area contributed by atoms with Gasteiger partial charge >= 0.3 is 51.3 Å². The molecule has 0 aromatic rings. The molecule has 0 aliphatic carbocycles. The first kappa shape index (κ1) is 10.3. The third kappa shape index (κ3) is 22.2. The summed E-state index contributed by atoms with van der Waals surface area (Å²) in [5.74, 6) is 0. The minimum absolute atomic E-state index is 0.